The summed E-state index contributed by atoms with van der Waals surface area (Å²) in [6, 6.07) is 17.4. The van der Waals surface area contributed by atoms with Gasteiger partial charge in [0.1, 0.15) is 0 Å². The van der Waals surface area contributed by atoms with Crippen LogP contribution in [0.4, 0.5) is 5.69 Å². The molecule has 2 saturated heterocycles. The van der Waals surface area contributed by atoms with Crippen LogP contribution in [0.2, 0.25) is 0 Å². The Hall–Kier alpha value is -3.19. The van der Waals surface area contributed by atoms with Gasteiger partial charge >= 0.3 is 0 Å². The van der Waals surface area contributed by atoms with E-state index in [0.717, 1.165) is 43.7 Å². The Balaban J connectivity index is 1.28. The van der Waals surface area contributed by atoms with Gasteiger partial charge in [0.2, 0.25) is 17.7 Å². The molecule has 1 unspecified atom stereocenters. The zero-order valence-corrected chi connectivity index (χ0v) is 18.3. The number of nitrogens with one attached hydrogen (secondary N) is 2. The zero-order valence-electron chi connectivity index (χ0n) is 18.3. The summed E-state index contributed by atoms with van der Waals surface area (Å²) < 4.78 is 0. The number of amides is 3. The van der Waals surface area contributed by atoms with Crippen molar-refractivity contribution >= 4 is 23.4 Å². The van der Waals surface area contributed by atoms with Crippen molar-refractivity contribution in [2.24, 2.45) is 0 Å². The van der Waals surface area contributed by atoms with Crippen LogP contribution in [0.1, 0.15) is 30.4 Å². The largest absolute Gasteiger partial charge is 0.353 e. The molecule has 2 aliphatic rings. The molecule has 2 N–H and O–H groups in total. The first-order valence-corrected chi connectivity index (χ1v) is 11.3. The van der Waals surface area contributed by atoms with E-state index in [2.05, 4.69) is 27.7 Å². The third-order valence-electron chi connectivity index (χ3n) is 6.16. The maximum atomic E-state index is 12.6. The highest BCUT2D eigenvalue weighted by molar-refractivity contribution is 5.95. The Morgan fingerprint density at radius 3 is 2.50 bits per heavy atom. The van der Waals surface area contributed by atoms with Crippen molar-refractivity contribution in [2.45, 2.75) is 38.3 Å². The number of anilines is 1. The lowest BCUT2D eigenvalue weighted by atomic mass is 10.1. The fourth-order valence-corrected chi connectivity index (χ4v) is 4.33. The van der Waals surface area contributed by atoms with Crippen LogP contribution in [0, 0.1) is 0 Å². The van der Waals surface area contributed by atoms with E-state index >= 15 is 0 Å². The Labute approximate surface area is 188 Å². The Bertz CT molecular complexity index is 945. The summed E-state index contributed by atoms with van der Waals surface area (Å²) in [6.45, 7) is 3.25. The molecular formula is C25H30N4O3. The molecule has 7 nitrogen and oxygen atoms in total. The molecule has 168 valence electrons. The monoisotopic (exact) mass is 434 g/mol. The number of nitrogens with zero attached hydrogens (tertiary/aromatic N) is 2. The number of benzene rings is 2. The van der Waals surface area contributed by atoms with Crippen molar-refractivity contribution in [3.05, 3.63) is 65.7 Å². The topological polar surface area (TPSA) is 81.8 Å². The predicted octanol–water partition coefficient (Wildman–Crippen LogP) is 1.86. The molecule has 2 heterocycles. The van der Waals surface area contributed by atoms with Crippen LogP contribution < -0.4 is 15.5 Å². The van der Waals surface area contributed by atoms with Crippen LogP contribution in [0.3, 0.4) is 0 Å². The molecule has 2 aliphatic heterocycles. The Morgan fingerprint density at radius 2 is 1.78 bits per heavy atom. The third kappa shape index (κ3) is 5.53. The average Bonchev–Trinajstić information content (AvgIpc) is 3.25. The van der Waals surface area contributed by atoms with Gasteiger partial charge in [-0.05, 0) is 36.1 Å². The van der Waals surface area contributed by atoms with Gasteiger partial charge in [-0.3, -0.25) is 19.3 Å². The van der Waals surface area contributed by atoms with Crippen molar-refractivity contribution in [1.82, 2.24) is 15.5 Å². The Kier molecular flexibility index (Phi) is 7.17. The van der Waals surface area contributed by atoms with Gasteiger partial charge in [-0.15, -0.1) is 0 Å². The molecule has 7 heteroatoms. The third-order valence-corrected chi connectivity index (χ3v) is 6.16. The van der Waals surface area contributed by atoms with Gasteiger partial charge in [0.05, 0.1) is 12.5 Å². The lowest BCUT2D eigenvalue weighted by Crippen LogP contribution is -2.56. The summed E-state index contributed by atoms with van der Waals surface area (Å²) in [6.07, 6.45) is 2.49. The molecule has 0 spiro atoms. The fraction of sp³-hybridized carbons (Fsp3) is 0.400. The van der Waals surface area contributed by atoms with Crippen LogP contribution in [-0.4, -0.2) is 54.8 Å². The summed E-state index contributed by atoms with van der Waals surface area (Å²) in [5.74, 6) is -0.0664. The highest BCUT2D eigenvalue weighted by atomic mass is 16.2. The number of carbonyl (C=O) groups excluding carboxylic acids is 3. The van der Waals surface area contributed by atoms with Crippen molar-refractivity contribution in [2.75, 3.05) is 31.1 Å². The summed E-state index contributed by atoms with van der Waals surface area (Å²) >= 11 is 0. The lowest BCUT2D eigenvalue weighted by molar-refractivity contribution is -0.134. The predicted molar refractivity (Wildman–Crippen MR) is 123 cm³/mol. The van der Waals surface area contributed by atoms with Crippen LogP contribution in [-0.2, 0) is 27.3 Å². The van der Waals surface area contributed by atoms with E-state index in [1.807, 2.05) is 42.5 Å². The van der Waals surface area contributed by atoms with Gasteiger partial charge in [0, 0.05) is 44.8 Å². The van der Waals surface area contributed by atoms with Gasteiger partial charge in [-0.1, -0.05) is 42.5 Å². The zero-order chi connectivity index (χ0) is 22.3. The van der Waals surface area contributed by atoms with Crippen molar-refractivity contribution in [3.8, 4) is 0 Å². The molecule has 2 fully saturated rings. The summed E-state index contributed by atoms with van der Waals surface area (Å²) in [5.41, 5.74) is 3.08. The average molecular weight is 435 g/mol. The molecular weight excluding hydrogens is 404 g/mol. The van der Waals surface area contributed by atoms with Crippen LogP contribution in [0.15, 0.2) is 54.6 Å². The second-order valence-electron chi connectivity index (χ2n) is 8.37. The first kappa shape index (κ1) is 22.0. The normalized spacial score (nSPS) is 19.1. The second-order valence-corrected chi connectivity index (χ2v) is 8.37. The number of piperazine rings is 1. The van der Waals surface area contributed by atoms with Gasteiger partial charge in [-0.2, -0.15) is 0 Å². The number of rotatable bonds is 8. The van der Waals surface area contributed by atoms with Crippen molar-refractivity contribution in [3.63, 3.8) is 0 Å². The highest BCUT2D eigenvalue weighted by Crippen LogP contribution is 2.21. The minimum atomic E-state index is -0.448. The van der Waals surface area contributed by atoms with Crippen molar-refractivity contribution < 1.29 is 14.4 Å². The van der Waals surface area contributed by atoms with E-state index in [1.54, 1.807) is 4.90 Å². The van der Waals surface area contributed by atoms with E-state index < -0.39 is 6.04 Å². The Morgan fingerprint density at radius 1 is 1.00 bits per heavy atom. The maximum Gasteiger partial charge on any atom is 0.237 e. The molecule has 0 aromatic heterocycles. The van der Waals surface area contributed by atoms with E-state index in [0.29, 0.717) is 19.5 Å². The molecule has 0 radical (unpaired) electrons. The maximum absolute atomic E-state index is 12.6. The van der Waals surface area contributed by atoms with E-state index in [9.17, 15) is 14.4 Å². The van der Waals surface area contributed by atoms with Gasteiger partial charge in [-0.25, -0.2) is 0 Å². The molecule has 32 heavy (non-hydrogen) atoms. The first-order chi connectivity index (χ1) is 15.6. The SMILES string of the molecule is O=C(CC1C(=O)NCCN1CCc1ccccc1)NCc1ccc(N2CCCC2=O)cc1. The number of carbonyl (C=O) groups is 3. The smallest absolute Gasteiger partial charge is 0.237 e. The van der Waals surface area contributed by atoms with E-state index in [1.165, 1.54) is 5.56 Å². The summed E-state index contributed by atoms with van der Waals surface area (Å²) in [4.78, 5) is 40.8. The van der Waals surface area contributed by atoms with Crippen LogP contribution >= 0.6 is 0 Å². The van der Waals surface area contributed by atoms with Crippen LogP contribution in [0.25, 0.3) is 0 Å². The van der Waals surface area contributed by atoms with Gasteiger partial charge in [0.25, 0.3) is 0 Å². The molecule has 1 atom stereocenters. The minimum Gasteiger partial charge on any atom is -0.353 e. The number of hydrogen-bond donors (Lipinski definition) is 2. The standard InChI is InChI=1S/C25H30N4O3/c30-23(27-18-20-8-10-21(11-9-20)29-14-4-7-24(29)31)17-22-25(32)26-13-16-28(22)15-12-19-5-2-1-3-6-19/h1-3,5-6,8-11,22H,4,7,12-18H2,(H,26,32)(H,27,30). The highest BCUT2D eigenvalue weighted by Gasteiger charge is 2.31. The number of hydrogen-bond acceptors (Lipinski definition) is 4. The van der Waals surface area contributed by atoms with Crippen LogP contribution in [0.5, 0.6) is 0 Å². The molecule has 0 bridgehead atoms. The molecule has 4 rings (SSSR count). The molecule has 3 amide bonds. The van der Waals surface area contributed by atoms with E-state index in [-0.39, 0.29) is 24.1 Å². The quantitative estimate of drug-likeness (QED) is 0.665. The lowest BCUT2D eigenvalue weighted by Gasteiger charge is -2.34. The molecule has 0 aliphatic carbocycles. The fourth-order valence-electron chi connectivity index (χ4n) is 4.33. The van der Waals surface area contributed by atoms with Gasteiger partial charge < -0.3 is 15.5 Å². The molecule has 2 aromatic rings. The summed E-state index contributed by atoms with van der Waals surface area (Å²) in [5, 5.41) is 5.82. The molecule has 2 aromatic carbocycles. The minimum absolute atomic E-state index is 0.0842. The van der Waals surface area contributed by atoms with Crippen molar-refractivity contribution in [1.29, 1.82) is 0 Å². The molecule has 0 saturated carbocycles. The summed E-state index contributed by atoms with van der Waals surface area (Å²) in [7, 11) is 0. The van der Waals surface area contributed by atoms with E-state index in [4.69, 9.17) is 0 Å². The first-order valence-electron chi connectivity index (χ1n) is 11.3. The van der Waals surface area contributed by atoms with Gasteiger partial charge in [0.15, 0.2) is 0 Å². The second kappa shape index (κ2) is 10.4.